The van der Waals surface area contributed by atoms with Crippen molar-refractivity contribution in [2.45, 2.75) is 24.9 Å². The Morgan fingerprint density at radius 1 is 1.04 bits per heavy atom. The lowest BCUT2D eigenvalue weighted by Gasteiger charge is -2.11. The van der Waals surface area contributed by atoms with Gasteiger partial charge in [-0.15, -0.1) is 0 Å². The lowest BCUT2D eigenvalue weighted by molar-refractivity contribution is -0.872. The largest absolute Gasteiger partial charge is 0.336 e. The van der Waals surface area contributed by atoms with Crippen LogP contribution in [0.4, 0.5) is 0 Å². The smallest absolute Gasteiger partial charge is 0.241 e. The van der Waals surface area contributed by atoms with E-state index in [-0.39, 0.29) is 6.54 Å². The maximum Gasteiger partial charge on any atom is 0.241 e. The predicted molar refractivity (Wildman–Crippen MR) is 95.9 cm³/mol. The normalized spacial score (nSPS) is 11.9. The Hall–Kier alpha value is -1.21. The summed E-state index contributed by atoms with van der Waals surface area (Å²) in [5.41, 5.74) is 2.91. The summed E-state index contributed by atoms with van der Waals surface area (Å²) in [6, 6.07) is 13.3. The Balaban J connectivity index is 2.08. The van der Waals surface area contributed by atoms with E-state index in [2.05, 4.69) is 34.7 Å². The summed E-state index contributed by atoms with van der Waals surface area (Å²) in [7, 11) is 0.674. The van der Waals surface area contributed by atoms with Crippen LogP contribution in [0.2, 0.25) is 0 Å². The highest BCUT2D eigenvalue weighted by atomic mass is 79.9. The molecule has 2 aromatic carbocycles. The maximum atomic E-state index is 12.5. The molecular weight excluding hydrogens is 376 g/mol. The van der Waals surface area contributed by atoms with Crippen LogP contribution < -0.4 is 9.62 Å². The van der Waals surface area contributed by atoms with Crippen molar-refractivity contribution >= 4 is 26.0 Å². The van der Waals surface area contributed by atoms with E-state index < -0.39 is 10.0 Å². The van der Waals surface area contributed by atoms with Crippen molar-refractivity contribution in [2.24, 2.45) is 0 Å². The Morgan fingerprint density at radius 2 is 1.65 bits per heavy atom. The minimum absolute atomic E-state index is 0.281. The summed E-state index contributed by atoms with van der Waals surface area (Å²) in [5, 5.41) is 0. The lowest BCUT2D eigenvalue weighted by Crippen LogP contribution is -3.04. The Morgan fingerprint density at radius 3 is 2.26 bits per heavy atom. The van der Waals surface area contributed by atoms with E-state index in [9.17, 15) is 8.42 Å². The van der Waals surface area contributed by atoms with Gasteiger partial charge in [0.15, 0.2) is 0 Å². The molecule has 23 heavy (non-hydrogen) atoms. The van der Waals surface area contributed by atoms with Crippen LogP contribution >= 0.6 is 15.9 Å². The molecule has 0 aliphatic carbocycles. The van der Waals surface area contributed by atoms with Crippen LogP contribution in [0, 0.1) is 6.92 Å². The number of rotatable bonds is 6. The van der Waals surface area contributed by atoms with E-state index in [0.29, 0.717) is 4.90 Å². The zero-order chi connectivity index (χ0) is 17.0. The van der Waals surface area contributed by atoms with E-state index >= 15 is 0 Å². The summed E-state index contributed by atoms with van der Waals surface area (Å²) in [6.07, 6.45) is 0. The first kappa shape index (κ1) is 18.1. The van der Waals surface area contributed by atoms with Gasteiger partial charge in [0.25, 0.3) is 0 Å². The van der Waals surface area contributed by atoms with E-state index in [4.69, 9.17) is 0 Å². The van der Waals surface area contributed by atoms with Crippen LogP contribution in [0.15, 0.2) is 51.8 Å². The SMILES string of the molecule is Cc1ccc(Br)cc1S(=O)(=O)NCc1ccc(C[NH+](C)C)cc1. The molecule has 6 heteroatoms. The van der Waals surface area contributed by atoms with Crippen LogP contribution in [-0.4, -0.2) is 22.5 Å². The fraction of sp³-hybridized carbons (Fsp3) is 0.294. The van der Waals surface area contributed by atoms with E-state index in [1.807, 2.05) is 30.3 Å². The van der Waals surface area contributed by atoms with Crippen molar-refractivity contribution in [1.82, 2.24) is 4.72 Å². The van der Waals surface area contributed by atoms with Crippen molar-refractivity contribution in [3.63, 3.8) is 0 Å². The average molecular weight is 398 g/mol. The molecule has 0 unspecified atom stereocenters. The molecule has 0 aliphatic heterocycles. The van der Waals surface area contributed by atoms with Crippen molar-refractivity contribution < 1.29 is 13.3 Å². The standard InChI is InChI=1S/C17H21BrN2O2S/c1-13-4-9-16(18)10-17(13)23(21,22)19-11-14-5-7-15(8-6-14)12-20(2)3/h4-10,19H,11-12H2,1-3H3/p+1. The van der Waals surface area contributed by atoms with Gasteiger partial charge in [-0.1, -0.05) is 46.3 Å². The molecule has 0 atom stereocenters. The predicted octanol–water partition coefficient (Wildman–Crippen LogP) is 1.88. The first-order valence-electron chi connectivity index (χ1n) is 7.40. The Bertz CT molecular complexity index is 772. The van der Waals surface area contributed by atoms with E-state index in [1.165, 1.54) is 10.5 Å². The van der Waals surface area contributed by atoms with Gasteiger partial charge in [0.2, 0.25) is 10.0 Å². The molecular formula is C17H22BrN2O2S+. The van der Waals surface area contributed by atoms with Crippen molar-refractivity contribution in [3.05, 3.63) is 63.6 Å². The van der Waals surface area contributed by atoms with Gasteiger partial charge in [-0.3, -0.25) is 0 Å². The monoisotopic (exact) mass is 397 g/mol. The highest BCUT2D eigenvalue weighted by Crippen LogP contribution is 2.20. The zero-order valence-corrected chi connectivity index (χ0v) is 16.0. The number of aryl methyl sites for hydroxylation is 1. The molecule has 0 radical (unpaired) electrons. The molecule has 4 nitrogen and oxygen atoms in total. The zero-order valence-electron chi connectivity index (χ0n) is 13.6. The quantitative estimate of drug-likeness (QED) is 0.781. The number of quaternary nitrogens is 1. The lowest BCUT2D eigenvalue weighted by atomic mass is 10.1. The third kappa shape index (κ3) is 5.14. The molecule has 0 heterocycles. The van der Waals surface area contributed by atoms with Gasteiger partial charge >= 0.3 is 0 Å². The van der Waals surface area contributed by atoms with Gasteiger partial charge in [0.05, 0.1) is 19.0 Å². The second kappa shape index (κ2) is 7.57. The third-order valence-electron chi connectivity index (χ3n) is 3.49. The van der Waals surface area contributed by atoms with E-state index in [1.54, 1.807) is 19.1 Å². The van der Waals surface area contributed by atoms with Crippen molar-refractivity contribution in [1.29, 1.82) is 0 Å². The second-order valence-electron chi connectivity index (χ2n) is 5.93. The Labute approximate surface area is 146 Å². The molecule has 124 valence electrons. The molecule has 0 saturated carbocycles. The Kier molecular flexibility index (Phi) is 5.97. The van der Waals surface area contributed by atoms with E-state index in [0.717, 1.165) is 22.1 Å². The molecule has 0 aromatic heterocycles. The minimum Gasteiger partial charge on any atom is -0.336 e. The molecule has 2 N–H and O–H groups in total. The second-order valence-corrected chi connectivity index (χ2v) is 8.59. The summed E-state index contributed by atoms with van der Waals surface area (Å²) >= 11 is 3.32. The molecule has 0 saturated heterocycles. The average Bonchev–Trinajstić information content (AvgIpc) is 2.48. The van der Waals surface area contributed by atoms with Gasteiger partial charge in [0, 0.05) is 16.6 Å². The molecule has 2 rings (SSSR count). The van der Waals surface area contributed by atoms with Crippen LogP contribution in [0.3, 0.4) is 0 Å². The summed E-state index contributed by atoms with van der Waals surface area (Å²) in [6.45, 7) is 3.02. The number of benzene rings is 2. The highest BCUT2D eigenvalue weighted by molar-refractivity contribution is 9.10. The number of halogens is 1. The van der Waals surface area contributed by atoms with Crippen molar-refractivity contribution in [3.8, 4) is 0 Å². The van der Waals surface area contributed by atoms with Crippen LogP contribution in [0.25, 0.3) is 0 Å². The molecule has 0 fully saturated rings. The number of sulfonamides is 1. The van der Waals surface area contributed by atoms with Gasteiger partial charge in [-0.2, -0.15) is 0 Å². The minimum atomic E-state index is -3.52. The maximum absolute atomic E-state index is 12.5. The summed E-state index contributed by atoms with van der Waals surface area (Å²) in [5.74, 6) is 0. The summed E-state index contributed by atoms with van der Waals surface area (Å²) in [4.78, 5) is 1.66. The van der Waals surface area contributed by atoms with Gasteiger partial charge in [-0.05, 0) is 30.2 Å². The molecule has 0 amide bonds. The van der Waals surface area contributed by atoms with Gasteiger partial charge in [-0.25, -0.2) is 13.1 Å². The van der Waals surface area contributed by atoms with Crippen LogP contribution in [0.1, 0.15) is 16.7 Å². The molecule has 0 bridgehead atoms. The third-order valence-corrected chi connectivity index (χ3v) is 5.52. The first-order chi connectivity index (χ1) is 10.8. The fourth-order valence-corrected chi connectivity index (χ4v) is 4.10. The number of hydrogen-bond donors (Lipinski definition) is 2. The topological polar surface area (TPSA) is 50.6 Å². The fourth-order valence-electron chi connectivity index (χ4n) is 2.30. The molecule has 0 aliphatic rings. The number of hydrogen-bond acceptors (Lipinski definition) is 2. The van der Waals surface area contributed by atoms with Gasteiger partial charge in [0.1, 0.15) is 6.54 Å². The number of nitrogens with one attached hydrogen (secondary N) is 2. The van der Waals surface area contributed by atoms with Crippen LogP contribution in [0.5, 0.6) is 0 Å². The highest BCUT2D eigenvalue weighted by Gasteiger charge is 2.16. The first-order valence-corrected chi connectivity index (χ1v) is 9.68. The van der Waals surface area contributed by atoms with Crippen molar-refractivity contribution in [2.75, 3.05) is 14.1 Å². The molecule has 0 spiro atoms. The molecule has 2 aromatic rings. The summed E-state index contributed by atoms with van der Waals surface area (Å²) < 4.78 is 28.3. The van der Waals surface area contributed by atoms with Crippen LogP contribution in [-0.2, 0) is 23.1 Å². The van der Waals surface area contributed by atoms with Gasteiger partial charge < -0.3 is 4.90 Å².